The molecule has 27 heavy (non-hydrogen) atoms. The van der Waals surface area contributed by atoms with Gasteiger partial charge in [0, 0.05) is 24.1 Å². The summed E-state index contributed by atoms with van der Waals surface area (Å²) in [5, 5.41) is 41.1. The van der Waals surface area contributed by atoms with Crippen LogP contribution in [0.15, 0.2) is 39.2 Å². The molecule has 3 heterocycles. The standard InChI is InChI=1S/C16H17N5O6/c22-6-12-11(23)5-13(27-12)20-8-18-14-15(20)17-7-19-16(14,24)9-1-3-10(4-2-9)21(25)26/h1-4,7,11-13,22-24H,5-6,8H2/t11-,12+,13+,16?/m0/s1. The fourth-order valence-corrected chi connectivity index (χ4v) is 3.38. The number of nitrogens with zero attached hydrogens (tertiary/aromatic N) is 5. The fourth-order valence-electron chi connectivity index (χ4n) is 3.38. The van der Waals surface area contributed by atoms with Crippen LogP contribution in [0.25, 0.3) is 0 Å². The number of benzene rings is 1. The summed E-state index contributed by atoms with van der Waals surface area (Å²) in [6, 6.07) is 5.40. The first kappa shape index (κ1) is 17.7. The summed E-state index contributed by atoms with van der Waals surface area (Å²) in [6.45, 7) is -0.164. The van der Waals surface area contributed by atoms with Gasteiger partial charge in [0.25, 0.3) is 5.69 Å². The number of hydrogen-bond acceptors (Lipinski definition) is 10. The van der Waals surface area contributed by atoms with Crippen LogP contribution in [-0.4, -0.2) is 74.7 Å². The third-order valence-electron chi connectivity index (χ3n) is 4.83. The second kappa shape index (κ2) is 6.46. The molecule has 1 unspecified atom stereocenters. The molecule has 11 nitrogen and oxygen atoms in total. The van der Waals surface area contributed by atoms with Crippen LogP contribution < -0.4 is 0 Å². The van der Waals surface area contributed by atoms with Crippen LogP contribution in [0.2, 0.25) is 0 Å². The summed E-state index contributed by atoms with van der Waals surface area (Å²) in [5.74, 6) is 0.349. The lowest BCUT2D eigenvalue weighted by atomic mass is 9.96. The van der Waals surface area contributed by atoms with Gasteiger partial charge in [-0.05, 0) is 12.1 Å². The molecule has 1 aromatic carbocycles. The van der Waals surface area contributed by atoms with Gasteiger partial charge in [-0.3, -0.25) is 15.1 Å². The summed E-state index contributed by atoms with van der Waals surface area (Å²) in [4.78, 5) is 24.5. The molecule has 0 saturated carbocycles. The summed E-state index contributed by atoms with van der Waals surface area (Å²) in [5.41, 5.74) is -1.41. The van der Waals surface area contributed by atoms with E-state index in [1.54, 1.807) is 4.90 Å². The molecule has 11 heteroatoms. The van der Waals surface area contributed by atoms with Gasteiger partial charge in [0.15, 0.2) is 5.84 Å². The Kier molecular flexibility index (Phi) is 4.23. The molecule has 3 N–H and O–H groups in total. The molecule has 0 bridgehead atoms. The minimum Gasteiger partial charge on any atom is -0.394 e. The molecule has 142 valence electrons. The van der Waals surface area contributed by atoms with Gasteiger partial charge in [-0.15, -0.1) is 0 Å². The van der Waals surface area contributed by atoms with E-state index in [1.165, 1.54) is 30.6 Å². The highest BCUT2D eigenvalue weighted by atomic mass is 16.6. The second-order valence-electron chi connectivity index (χ2n) is 6.41. The van der Waals surface area contributed by atoms with Crippen molar-refractivity contribution >= 4 is 23.6 Å². The van der Waals surface area contributed by atoms with E-state index in [9.17, 15) is 25.4 Å². The number of aliphatic hydroxyl groups is 3. The molecule has 3 aliphatic heterocycles. The maximum Gasteiger partial charge on any atom is 0.269 e. The average Bonchev–Trinajstić information content (AvgIpc) is 3.26. The number of aliphatic hydroxyl groups excluding tert-OH is 2. The number of ether oxygens (including phenoxy) is 1. The van der Waals surface area contributed by atoms with Crippen molar-refractivity contribution < 1.29 is 25.0 Å². The zero-order valence-electron chi connectivity index (χ0n) is 14.0. The highest BCUT2D eigenvalue weighted by molar-refractivity contribution is 6.47. The van der Waals surface area contributed by atoms with Crippen molar-refractivity contribution in [2.24, 2.45) is 15.0 Å². The number of hydrogen-bond donors (Lipinski definition) is 3. The normalized spacial score (nSPS) is 32.3. The fraction of sp³-hybridized carbons (Fsp3) is 0.438. The topological polar surface area (TPSA) is 153 Å². The van der Waals surface area contributed by atoms with Gasteiger partial charge in [0.2, 0.25) is 5.72 Å². The molecule has 0 spiro atoms. The molecule has 0 aromatic heterocycles. The zero-order valence-corrected chi connectivity index (χ0v) is 14.0. The van der Waals surface area contributed by atoms with Gasteiger partial charge in [-0.25, -0.2) is 9.98 Å². The summed E-state index contributed by atoms with van der Waals surface area (Å²) >= 11 is 0. The highest BCUT2D eigenvalue weighted by Gasteiger charge is 2.48. The van der Waals surface area contributed by atoms with E-state index < -0.39 is 29.1 Å². The number of non-ortho nitro benzene ring substituents is 1. The minimum atomic E-state index is -1.82. The smallest absolute Gasteiger partial charge is 0.269 e. The SMILES string of the molecule is O=[N+]([O-])c1ccc(C2(O)N=CN=C3C2=NCN3[C@H]2C[C@H](O)[C@@H](CO)O2)cc1. The van der Waals surface area contributed by atoms with Crippen molar-refractivity contribution in [2.45, 2.75) is 30.6 Å². The Hall–Kier alpha value is -2.73. The number of nitro groups is 1. The van der Waals surface area contributed by atoms with Crippen LogP contribution in [0.1, 0.15) is 12.0 Å². The number of rotatable bonds is 4. The first-order valence-corrected chi connectivity index (χ1v) is 8.29. The van der Waals surface area contributed by atoms with Crippen LogP contribution in [0, 0.1) is 10.1 Å². The van der Waals surface area contributed by atoms with Crippen molar-refractivity contribution in [3.63, 3.8) is 0 Å². The Labute approximate surface area is 153 Å². The quantitative estimate of drug-likeness (QED) is 0.467. The molecule has 1 aromatic rings. The van der Waals surface area contributed by atoms with Crippen LogP contribution in [0.3, 0.4) is 0 Å². The molecule has 0 radical (unpaired) electrons. The van der Waals surface area contributed by atoms with E-state index in [0.717, 1.165) is 0 Å². The van der Waals surface area contributed by atoms with Gasteiger partial charge in [0.05, 0.1) is 17.6 Å². The van der Waals surface area contributed by atoms with Crippen LogP contribution in [0.4, 0.5) is 5.69 Å². The van der Waals surface area contributed by atoms with Crippen molar-refractivity contribution in [3.8, 4) is 0 Å². The summed E-state index contributed by atoms with van der Waals surface area (Å²) in [7, 11) is 0. The van der Waals surface area contributed by atoms with Crippen LogP contribution in [-0.2, 0) is 10.5 Å². The van der Waals surface area contributed by atoms with Crippen molar-refractivity contribution in [1.82, 2.24) is 4.90 Å². The second-order valence-corrected chi connectivity index (χ2v) is 6.41. The maximum atomic E-state index is 11.1. The number of amidine groups is 1. The van der Waals surface area contributed by atoms with Crippen molar-refractivity contribution in [3.05, 3.63) is 39.9 Å². The summed E-state index contributed by atoms with van der Waals surface area (Å²) in [6.07, 6.45) is -0.589. The molecule has 4 atom stereocenters. The van der Waals surface area contributed by atoms with E-state index in [2.05, 4.69) is 15.0 Å². The Bertz CT molecular complexity index is 853. The molecule has 0 amide bonds. The lowest BCUT2D eigenvalue weighted by molar-refractivity contribution is -0.384. The number of aliphatic imine (C=N–C) groups is 3. The van der Waals surface area contributed by atoms with Gasteiger partial charge in [0.1, 0.15) is 31.1 Å². The maximum absolute atomic E-state index is 11.1. The van der Waals surface area contributed by atoms with E-state index in [-0.39, 0.29) is 31.1 Å². The highest BCUT2D eigenvalue weighted by Crippen LogP contribution is 2.34. The number of nitro benzene ring substituents is 1. The monoisotopic (exact) mass is 375 g/mol. The van der Waals surface area contributed by atoms with Crippen molar-refractivity contribution in [1.29, 1.82) is 0 Å². The molecule has 1 saturated heterocycles. The Morgan fingerprint density at radius 3 is 2.74 bits per heavy atom. The minimum absolute atomic E-state index is 0.102. The third kappa shape index (κ3) is 2.80. The molecular formula is C16H17N5O6. The van der Waals surface area contributed by atoms with Gasteiger partial charge in [-0.1, -0.05) is 0 Å². The predicted octanol–water partition coefficient (Wildman–Crippen LogP) is -0.637. The van der Waals surface area contributed by atoms with E-state index in [0.29, 0.717) is 11.4 Å². The largest absolute Gasteiger partial charge is 0.394 e. The van der Waals surface area contributed by atoms with Gasteiger partial charge in [-0.2, -0.15) is 0 Å². The molecular weight excluding hydrogens is 358 g/mol. The Morgan fingerprint density at radius 1 is 1.37 bits per heavy atom. The lowest BCUT2D eigenvalue weighted by Gasteiger charge is -2.30. The predicted molar refractivity (Wildman–Crippen MR) is 93.4 cm³/mol. The molecule has 1 fully saturated rings. The first-order valence-electron chi connectivity index (χ1n) is 8.29. The lowest BCUT2D eigenvalue weighted by Crippen LogP contribution is -2.47. The average molecular weight is 375 g/mol. The van der Waals surface area contributed by atoms with E-state index in [4.69, 9.17) is 4.74 Å². The summed E-state index contributed by atoms with van der Waals surface area (Å²) < 4.78 is 5.64. The number of fused-ring (bicyclic) bond motifs is 1. The van der Waals surface area contributed by atoms with Gasteiger partial charge < -0.3 is 25.0 Å². The van der Waals surface area contributed by atoms with E-state index in [1.807, 2.05) is 0 Å². The van der Waals surface area contributed by atoms with Crippen LogP contribution >= 0.6 is 0 Å². The van der Waals surface area contributed by atoms with Gasteiger partial charge >= 0.3 is 0 Å². The first-order chi connectivity index (χ1) is 12.9. The van der Waals surface area contributed by atoms with Crippen molar-refractivity contribution in [2.75, 3.05) is 13.3 Å². The van der Waals surface area contributed by atoms with Crippen LogP contribution in [0.5, 0.6) is 0 Å². The molecule has 3 aliphatic rings. The molecule has 0 aliphatic carbocycles. The Balaban J connectivity index is 1.60. The van der Waals surface area contributed by atoms with E-state index >= 15 is 0 Å². The zero-order chi connectivity index (χ0) is 19.2. The Morgan fingerprint density at radius 2 is 2.11 bits per heavy atom. The third-order valence-corrected chi connectivity index (χ3v) is 4.83. The molecule has 4 rings (SSSR count).